The zero-order valence-corrected chi connectivity index (χ0v) is 28.2. The Morgan fingerprint density at radius 2 is 0.962 bits per heavy atom. The molecule has 0 fully saturated rings. The predicted molar refractivity (Wildman–Crippen MR) is 215 cm³/mol. The molecule has 1 aromatic heterocycles. The van der Waals surface area contributed by atoms with E-state index in [1.165, 1.54) is 61.1 Å². The molecule has 0 aliphatic carbocycles. The first-order valence-electron chi connectivity index (χ1n) is 17.6. The van der Waals surface area contributed by atoms with Crippen molar-refractivity contribution < 1.29 is 4.39 Å². The maximum atomic E-state index is 14.6. The molecule has 0 aliphatic heterocycles. The topological polar surface area (TPSA) is 17.8 Å². The molecule has 3 heteroatoms. The van der Waals surface area contributed by atoms with Crippen LogP contribution >= 0.6 is 0 Å². The number of fused-ring (bicyclic) bond motifs is 4. The number of benzene rings is 9. The Kier molecular flexibility index (Phi) is 7.04. The Hall–Kier alpha value is -6.84. The van der Waals surface area contributed by atoms with Gasteiger partial charge in [-0.15, -0.1) is 0 Å². The van der Waals surface area contributed by atoms with Gasteiger partial charge in [-0.1, -0.05) is 146 Å². The van der Waals surface area contributed by atoms with Gasteiger partial charge in [0.05, 0.1) is 11.0 Å². The molecule has 0 unspecified atom stereocenters. The predicted octanol–water partition coefficient (Wildman–Crippen LogP) is 13.3. The number of imidazole rings is 1. The van der Waals surface area contributed by atoms with E-state index in [1.54, 1.807) is 0 Å². The molecule has 0 atom stereocenters. The van der Waals surface area contributed by atoms with Gasteiger partial charge in [-0.2, -0.15) is 0 Å². The van der Waals surface area contributed by atoms with Gasteiger partial charge in [0.15, 0.2) is 0 Å². The smallest absolute Gasteiger partial charge is 0.145 e. The number of hydrogen-bond donors (Lipinski definition) is 0. The highest BCUT2D eigenvalue weighted by Crippen LogP contribution is 2.44. The summed E-state index contributed by atoms with van der Waals surface area (Å²) in [6.07, 6.45) is 0. The van der Waals surface area contributed by atoms with Gasteiger partial charge in [-0.25, -0.2) is 9.37 Å². The van der Waals surface area contributed by atoms with Crippen molar-refractivity contribution in [3.05, 3.63) is 194 Å². The lowest BCUT2D eigenvalue weighted by molar-refractivity contribution is 0.629. The fourth-order valence-corrected chi connectivity index (χ4v) is 7.87. The van der Waals surface area contributed by atoms with Gasteiger partial charge < -0.3 is 0 Å². The largest absolute Gasteiger partial charge is 0.292 e. The summed E-state index contributed by atoms with van der Waals surface area (Å²) in [4.78, 5) is 5.05. The molecule has 0 amide bonds. The van der Waals surface area contributed by atoms with E-state index in [4.69, 9.17) is 4.98 Å². The minimum absolute atomic E-state index is 0.306. The van der Waals surface area contributed by atoms with Crippen molar-refractivity contribution in [3.63, 3.8) is 0 Å². The molecule has 0 saturated carbocycles. The highest BCUT2D eigenvalue weighted by molar-refractivity contribution is 6.21. The molecule has 52 heavy (non-hydrogen) atoms. The van der Waals surface area contributed by atoms with Crippen molar-refractivity contribution in [1.82, 2.24) is 9.55 Å². The molecule has 10 aromatic rings. The van der Waals surface area contributed by atoms with Crippen LogP contribution in [0.25, 0.3) is 93.8 Å². The molecule has 0 radical (unpaired) electrons. The van der Waals surface area contributed by atoms with Crippen LogP contribution in [-0.2, 0) is 0 Å². The third-order valence-electron chi connectivity index (χ3n) is 10.2. The van der Waals surface area contributed by atoms with E-state index in [0.717, 1.165) is 39.3 Å². The molecule has 0 spiro atoms. The lowest BCUT2D eigenvalue weighted by Crippen LogP contribution is -1.99. The van der Waals surface area contributed by atoms with Crippen LogP contribution in [0, 0.1) is 5.82 Å². The lowest BCUT2D eigenvalue weighted by Gasteiger charge is -2.19. The Bertz CT molecular complexity index is 2920. The zero-order valence-electron chi connectivity index (χ0n) is 28.2. The summed E-state index contributed by atoms with van der Waals surface area (Å²) in [5.74, 6) is 0.455. The van der Waals surface area contributed by atoms with Crippen LogP contribution in [-0.4, -0.2) is 9.55 Å². The average molecular weight is 667 g/mol. The van der Waals surface area contributed by atoms with Gasteiger partial charge in [-0.3, -0.25) is 4.57 Å². The van der Waals surface area contributed by atoms with Crippen molar-refractivity contribution in [3.8, 4) is 50.5 Å². The molecule has 244 valence electrons. The number of aromatic nitrogens is 2. The summed E-state index contributed by atoms with van der Waals surface area (Å²) >= 11 is 0. The molecule has 0 aliphatic rings. The fraction of sp³-hybridized carbons (Fsp3) is 0. The minimum Gasteiger partial charge on any atom is -0.292 e. The third-order valence-corrected chi connectivity index (χ3v) is 10.2. The zero-order chi connectivity index (χ0) is 34.6. The standard InChI is InChI=1S/C49H31FN2/c50-39-26-27-46-45(31-39)51-49(38-18-10-16-35(29-38)32-12-2-1-3-13-32)52(46)40-19-11-17-36(30-40)47-41-20-6-8-22-43(41)48(44-23-9-7-21-42(44)47)37-25-24-33-14-4-5-15-34(33)28-37/h1-31H. The molecule has 2 nitrogen and oxygen atoms in total. The van der Waals surface area contributed by atoms with Crippen LogP contribution in [0.2, 0.25) is 0 Å². The molecule has 0 saturated heterocycles. The molecule has 10 rings (SSSR count). The quantitative estimate of drug-likeness (QED) is 0.167. The Balaban J connectivity index is 1.20. The van der Waals surface area contributed by atoms with Crippen LogP contribution in [0.4, 0.5) is 4.39 Å². The fourth-order valence-electron chi connectivity index (χ4n) is 7.87. The molecular weight excluding hydrogens is 636 g/mol. The number of nitrogens with zero attached hydrogens (tertiary/aromatic N) is 2. The van der Waals surface area contributed by atoms with Gasteiger partial charge in [0.2, 0.25) is 0 Å². The number of rotatable bonds is 5. The first-order chi connectivity index (χ1) is 25.7. The van der Waals surface area contributed by atoms with Gasteiger partial charge in [-0.05, 0) is 102 Å². The van der Waals surface area contributed by atoms with Crippen molar-refractivity contribution in [2.45, 2.75) is 0 Å². The second-order valence-corrected chi connectivity index (χ2v) is 13.3. The molecule has 0 N–H and O–H groups in total. The highest BCUT2D eigenvalue weighted by atomic mass is 19.1. The monoisotopic (exact) mass is 666 g/mol. The second-order valence-electron chi connectivity index (χ2n) is 13.3. The molecular formula is C49H31FN2. The van der Waals surface area contributed by atoms with Crippen LogP contribution in [0.15, 0.2) is 188 Å². The van der Waals surface area contributed by atoms with Crippen molar-refractivity contribution >= 4 is 43.4 Å². The van der Waals surface area contributed by atoms with E-state index < -0.39 is 0 Å². The van der Waals surface area contributed by atoms with Gasteiger partial charge in [0.25, 0.3) is 0 Å². The van der Waals surface area contributed by atoms with E-state index in [0.29, 0.717) is 5.52 Å². The summed E-state index contributed by atoms with van der Waals surface area (Å²) in [6.45, 7) is 0. The summed E-state index contributed by atoms with van der Waals surface area (Å²) in [6, 6.07) is 65.1. The van der Waals surface area contributed by atoms with Crippen molar-refractivity contribution in [2.75, 3.05) is 0 Å². The van der Waals surface area contributed by atoms with Gasteiger partial charge in [0.1, 0.15) is 11.6 Å². The van der Waals surface area contributed by atoms with Gasteiger partial charge >= 0.3 is 0 Å². The van der Waals surface area contributed by atoms with E-state index in [1.807, 2.05) is 24.3 Å². The van der Waals surface area contributed by atoms with E-state index >= 15 is 0 Å². The summed E-state index contributed by atoms with van der Waals surface area (Å²) < 4.78 is 16.8. The lowest BCUT2D eigenvalue weighted by atomic mass is 9.85. The Morgan fingerprint density at radius 3 is 1.69 bits per heavy atom. The van der Waals surface area contributed by atoms with Crippen LogP contribution in [0.5, 0.6) is 0 Å². The summed E-state index contributed by atoms with van der Waals surface area (Å²) in [7, 11) is 0. The van der Waals surface area contributed by atoms with Crippen LogP contribution in [0.1, 0.15) is 0 Å². The average Bonchev–Trinajstić information content (AvgIpc) is 3.59. The molecule has 9 aromatic carbocycles. The summed E-state index contributed by atoms with van der Waals surface area (Å²) in [5, 5.41) is 7.25. The SMILES string of the molecule is Fc1ccc2c(c1)nc(-c1cccc(-c3ccccc3)c1)n2-c1cccc(-c2c3ccccc3c(-c3ccc4ccccc4c3)c3ccccc23)c1. The van der Waals surface area contributed by atoms with Gasteiger partial charge in [0, 0.05) is 17.3 Å². The van der Waals surface area contributed by atoms with Crippen molar-refractivity contribution in [2.24, 2.45) is 0 Å². The normalized spacial score (nSPS) is 11.6. The summed E-state index contributed by atoms with van der Waals surface area (Å²) in [5.41, 5.74) is 10.3. The van der Waals surface area contributed by atoms with E-state index in [2.05, 4.69) is 156 Å². The first kappa shape index (κ1) is 30.0. The second kappa shape index (κ2) is 12.2. The Labute approximate surface area is 300 Å². The maximum absolute atomic E-state index is 14.6. The highest BCUT2D eigenvalue weighted by Gasteiger charge is 2.20. The maximum Gasteiger partial charge on any atom is 0.145 e. The number of halogens is 1. The van der Waals surface area contributed by atoms with Crippen LogP contribution in [0.3, 0.4) is 0 Å². The first-order valence-corrected chi connectivity index (χ1v) is 17.6. The van der Waals surface area contributed by atoms with E-state index in [9.17, 15) is 4.39 Å². The third kappa shape index (κ3) is 4.98. The molecule has 1 heterocycles. The minimum atomic E-state index is -0.306. The molecule has 0 bridgehead atoms. The number of hydrogen-bond acceptors (Lipinski definition) is 1. The Morgan fingerprint density at radius 1 is 0.385 bits per heavy atom. The van der Waals surface area contributed by atoms with Crippen molar-refractivity contribution in [1.29, 1.82) is 0 Å². The van der Waals surface area contributed by atoms with Crippen LogP contribution < -0.4 is 0 Å². The van der Waals surface area contributed by atoms with E-state index in [-0.39, 0.29) is 5.82 Å².